The van der Waals surface area contributed by atoms with Crippen LogP contribution in [0.1, 0.15) is 40.0 Å². The van der Waals surface area contributed by atoms with Gasteiger partial charge in [-0.05, 0) is 26.3 Å². The van der Waals surface area contributed by atoms with E-state index in [0.29, 0.717) is 12.6 Å². The van der Waals surface area contributed by atoms with Crippen molar-refractivity contribution in [3.8, 4) is 6.07 Å². The van der Waals surface area contributed by atoms with Crippen LogP contribution in [0.4, 0.5) is 0 Å². The first-order valence-corrected chi connectivity index (χ1v) is 6.21. The van der Waals surface area contributed by atoms with Crippen LogP contribution >= 0.6 is 0 Å². The van der Waals surface area contributed by atoms with Gasteiger partial charge in [0.05, 0.1) is 6.07 Å². The summed E-state index contributed by atoms with van der Waals surface area (Å²) in [5.74, 6) is 0. The van der Waals surface area contributed by atoms with Gasteiger partial charge in [0, 0.05) is 18.6 Å². The topological polar surface area (TPSA) is 79.1 Å². The molecule has 0 radical (unpaired) electrons. The van der Waals surface area contributed by atoms with Crippen molar-refractivity contribution in [1.29, 1.82) is 5.26 Å². The van der Waals surface area contributed by atoms with Crippen LogP contribution in [0, 0.1) is 11.3 Å². The van der Waals surface area contributed by atoms with Gasteiger partial charge < -0.3 is 11.5 Å². The maximum Gasteiger partial charge on any atom is 0.106 e. The number of hydrogen-bond acceptors (Lipinski definition) is 4. The van der Waals surface area contributed by atoms with Crippen LogP contribution in [-0.2, 0) is 0 Å². The van der Waals surface area contributed by atoms with Crippen molar-refractivity contribution in [2.45, 2.75) is 58.2 Å². The SMILES string of the molecule is CCCCN(CC(N)C#N)C(CC)C(C)N. The highest BCUT2D eigenvalue weighted by molar-refractivity contribution is 4.91. The van der Waals surface area contributed by atoms with Gasteiger partial charge in [-0.15, -0.1) is 0 Å². The predicted octanol–water partition coefficient (Wildman–Crippen LogP) is 1.07. The van der Waals surface area contributed by atoms with Crippen LogP contribution in [0.5, 0.6) is 0 Å². The molecular weight excluding hydrogens is 200 g/mol. The Bertz CT molecular complexity index is 210. The highest BCUT2D eigenvalue weighted by atomic mass is 15.2. The molecule has 0 rings (SSSR count). The molecule has 4 nitrogen and oxygen atoms in total. The zero-order valence-electron chi connectivity index (χ0n) is 10.8. The molecule has 0 saturated heterocycles. The van der Waals surface area contributed by atoms with Crippen molar-refractivity contribution in [2.75, 3.05) is 13.1 Å². The molecule has 0 amide bonds. The van der Waals surface area contributed by atoms with E-state index in [-0.39, 0.29) is 6.04 Å². The molecule has 3 unspecified atom stereocenters. The number of nitrogens with two attached hydrogens (primary N) is 2. The van der Waals surface area contributed by atoms with E-state index in [9.17, 15) is 0 Å². The van der Waals surface area contributed by atoms with Crippen LogP contribution in [0.2, 0.25) is 0 Å². The maximum atomic E-state index is 8.77. The van der Waals surface area contributed by atoms with Crippen molar-refractivity contribution >= 4 is 0 Å². The van der Waals surface area contributed by atoms with E-state index in [2.05, 4.69) is 24.8 Å². The molecule has 0 aromatic carbocycles. The van der Waals surface area contributed by atoms with E-state index in [4.69, 9.17) is 16.7 Å². The molecule has 0 bridgehead atoms. The second-order valence-corrected chi connectivity index (χ2v) is 4.42. The van der Waals surface area contributed by atoms with E-state index in [0.717, 1.165) is 25.8 Å². The summed E-state index contributed by atoms with van der Waals surface area (Å²) < 4.78 is 0. The van der Waals surface area contributed by atoms with E-state index < -0.39 is 6.04 Å². The van der Waals surface area contributed by atoms with Gasteiger partial charge in [-0.25, -0.2) is 0 Å². The molecule has 0 heterocycles. The van der Waals surface area contributed by atoms with Crippen molar-refractivity contribution in [2.24, 2.45) is 11.5 Å². The van der Waals surface area contributed by atoms with Crippen molar-refractivity contribution in [3.63, 3.8) is 0 Å². The lowest BCUT2D eigenvalue weighted by atomic mass is 10.0. The van der Waals surface area contributed by atoms with Gasteiger partial charge in [-0.3, -0.25) is 4.90 Å². The molecule has 0 aliphatic carbocycles. The lowest BCUT2D eigenvalue weighted by Crippen LogP contribution is -2.50. The molecule has 0 saturated carbocycles. The van der Waals surface area contributed by atoms with Gasteiger partial charge in [-0.2, -0.15) is 5.26 Å². The number of rotatable bonds is 8. The summed E-state index contributed by atoms with van der Waals surface area (Å²) in [5, 5.41) is 8.77. The highest BCUT2D eigenvalue weighted by Crippen LogP contribution is 2.10. The first-order chi connectivity index (χ1) is 7.56. The summed E-state index contributed by atoms with van der Waals surface area (Å²) in [4.78, 5) is 2.27. The Morgan fingerprint density at radius 1 is 1.31 bits per heavy atom. The monoisotopic (exact) mass is 226 g/mol. The fraction of sp³-hybridized carbons (Fsp3) is 0.917. The zero-order chi connectivity index (χ0) is 12.6. The molecule has 0 aliphatic rings. The summed E-state index contributed by atoms with van der Waals surface area (Å²) in [6, 6.07) is 2.12. The Hall–Kier alpha value is -0.630. The van der Waals surface area contributed by atoms with Crippen molar-refractivity contribution < 1.29 is 0 Å². The van der Waals surface area contributed by atoms with Gasteiger partial charge in [0.15, 0.2) is 0 Å². The fourth-order valence-corrected chi connectivity index (χ4v) is 2.01. The third kappa shape index (κ3) is 5.45. The molecular formula is C12H26N4. The van der Waals surface area contributed by atoms with Gasteiger partial charge in [0.25, 0.3) is 0 Å². The van der Waals surface area contributed by atoms with Crippen LogP contribution in [-0.4, -0.2) is 36.1 Å². The molecule has 0 spiro atoms. The van der Waals surface area contributed by atoms with Crippen LogP contribution < -0.4 is 11.5 Å². The van der Waals surface area contributed by atoms with Crippen molar-refractivity contribution in [3.05, 3.63) is 0 Å². The van der Waals surface area contributed by atoms with E-state index in [1.165, 1.54) is 0 Å². The second kappa shape index (κ2) is 8.51. The summed E-state index contributed by atoms with van der Waals surface area (Å²) in [6.45, 7) is 7.91. The number of hydrogen-bond donors (Lipinski definition) is 2. The molecule has 0 fully saturated rings. The smallest absolute Gasteiger partial charge is 0.106 e. The summed E-state index contributed by atoms with van der Waals surface area (Å²) in [6.07, 6.45) is 3.27. The predicted molar refractivity (Wildman–Crippen MR) is 67.8 cm³/mol. The average molecular weight is 226 g/mol. The van der Waals surface area contributed by atoms with Gasteiger partial charge >= 0.3 is 0 Å². The average Bonchev–Trinajstić information content (AvgIpc) is 2.25. The minimum Gasteiger partial charge on any atom is -0.327 e. The first kappa shape index (κ1) is 15.4. The Morgan fingerprint density at radius 2 is 1.94 bits per heavy atom. The Labute approximate surface area is 99.6 Å². The largest absolute Gasteiger partial charge is 0.327 e. The molecule has 0 aromatic heterocycles. The molecule has 0 aromatic rings. The third-order valence-electron chi connectivity index (χ3n) is 2.89. The quantitative estimate of drug-likeness (QED) is 0.649. The molecule has 4 N–H and O–H groups in total. The lowest BCUT2D eigenvalue weighted by molar-refractivity contribution is 0.165. The normalized spacial score (nSPS) is 16.8. The van der Waals surface area contributed by atoms with Gasteiger partial charge in [0.1, 0.15) is 6.04 Å². The lowest BCUT2D eigenvalue weighted by Gasteiger charge is -2.34. The van der Waals surface area contributed by atoms with Crippen molar-refractivity contribution in [1.82, 2.24) is 4.90 Å². The van der Waals surface area contributed by atoms with E-state index in [1.807, 2.05) is 6.92 Å². The third-order valence-corrected chi connectivity index (χ3v) is 2.89. The Balaban J connectivity index is 4.44. The molecule has 4 heteroatoms. The molecule has 94 valence electrons. The number of nitrogens with zero attached hydrogens (tertiary/aromatic N) is 2. The molecule has 3 atom stereocenters. The summed E-state index contributed by atoms with van der Waals surface area (Å²) in [7, 11) is 0. The minimum atomic E-state index is -0.412. The standard InChI is InChI=1S/C12H26N4/c1-4-6-7-16(9-11(15)8-13)12(5-2)10(3)14/h10-12H,4-7,9,14-15H2,1-3H3. The number of unbranched alkanes of at least 4 members (excludes halogenated alkanes) is 1. The maximum absolute atomic E-state index is 8.77. The number of nitriles is 1. The van der Waals surface area contributed by atoms with Gasteiger partial charge in [-0.1, -0.05) is 20.3 Å². The summed E-state index contributed by atoms with van der Waals surface area (Å²) in [5.41, 5.74) is 11.7. The van der Waals surface area contributed by atoms with Crippen LogP contribution in [0.25, 0.3) is 0 Å². The highest BCUT2D eigenvalue weighted by Gasteiger charge is 2.21. The van der Waals surface area contributed by atoms with E-state index >= 15 is 0 Å². The van der Waals surface area contributed by atoms with Gasteiger partial charge in [0.2, 0.25) is 0 Å². The Morgan fingerprint density at radius 3 is 2.31 bits per heavy atom. The molecule has 16 heavy (non-hydrogen) atoms. The first-order valence-electron chi connectivity index (χ1n) is 6.21. The zero-order valence-corrected chi connectivity index (χ0v) is 10.8. The fourth-order valence-electron chi connectivity index (χ4n) is 2.01. The Kier molecular flexibility index (Phi) is 8.18. The minimum absolute atomic E-state index is 0.118. The van der Waals surface area contributed by atoms with Crippen LogP contribution in [0.15, 0.2) is 0 Å². The van der Waals surface area contributed by atoms with Crippen LogP contribution in [0.3, 0.4) is 0 Å². The van der Waals surface area contributed by atoms with E-state index in [1.54, 1.807) is 0 Å². The summed E-state index contributed by atoms with van der Waals surface area (Å²) >= 11 is 0. The second-order valence-electron chi connectivity index (χ2n) is 4.42. The molecule has 0 aliphatic heterocycles.